The van der Waals surface area contributed by atoms with E-state index >= 15 is 0 Å². The van der Waals surface area contributed by atoms with Crippen molar-refractivity contribution in [2.75, 3.05) is 0 Å². The third kappa shape index (κ3) is 3.53. The third-order valence-electron chi connectivity index (χ3n) is 6.75. The minimum absolute atomic E-state index is 0.396. The number of rotatable bonds is 6. The highest BCUT2D eigenvalue weighted by Gasteiger charge is 2.42. The lowest BCUT2D eigenvalue weighted by molar-refractivity contribution is 0.338. The molecule has 2 fully saturated rings. The molecule has 0 saturated heterocycles. The van der Waals surface area contributed by atoms with Gasteiger partial charge in [-0.2, -0.15) is 0 Å². The van der Waals surface area contributed by atoms with Gasteiger partial charge in [0.1, 0.15) is 0 Å². The number of hydrogen-bond donors (Lipinski definition) is 1. The van der Waals surface area contributed by atoms with Gasteiger partial charge in [-0.15, -0.1) is 0 Å². The zero-order chi connectivity index (χ0) is 19.3. The van der Waals surface area contributed by atoms with E-state index < -0.39 is 9.84 Å². The lowest BCUT2D eigenvalue weighted by Crippen LogP contribution is -2.44. The highest BCUT2D eigenvalue weighted by Crippen LogP contribution is 2.45. The summed E-state index contributed by atoms with van der Waals surface area (Å²) < 4.78 is 26.7. The Morgan fingerprint density at radius 1 is 0.929 bits per heavy atom. The monoisotopic (exact) mass is 395 g/mol. The number of sulfone groups is 1. The molecule has 3 aliphatic rings. The second kappa shape index (κ2) is 7.00. The molecule has 0 heterocycles. The lowest BCUT2D eigenvalue weighted by atomic mass is 9.87. The number of aryl methyl sites for hydroxylation is 2. The quantitative estimate of drug-likeness (QED) is 0.785. The molecule has 0 amide bonds. The van der Waals surface area contributed by atoms with E-state index in [-0.39, 0.29) is 0 Å². The summed E-state index contributed by atoms with van der Waals surface area (Å²) in [6.07, 6.45) is 8.36. The summed E-state index contributed by atoms with van der Waals surface area (Å²) in [5.74, 6) is 1.72. The van der Waals surface area contributed by atoms with E-state index in [0.29, 0.717) is 21.9 Å². The topological polar surface area (TPSA) is 46.2 Å². The number of benzene rings is 2. The fourth-order valence-corrected chi connectivity index (χ4v) is 6.38. The van der Waals surface area contributed by atoms with Crippen LogP contribution in [-0.4, -0.2) is 20.5 Å². The maximum atomic E-state index is 13.4. The van der Waals surface area contributed by atoms with Gasteiger partial charge in [0.2, 0.25) is 9.84 Å². The van der Waals surface area contributed by atoms with Crippen molar-refractivity contribution in [1.82, 2.24) is 5.32 Å². The van der Waals surface area contributed by atoms with Gasteiger partial charge < -0.3 is 5.32 Å². The summed E-state index contributed by atoms with van der Waals surface area (Å²) in [5, 5.41) is 3.95. The smallest absolute Gasteiger partial charge is 0.206 e. The molecule has 0 spiro atoms. The minimum Gasteiger partial charge on any atom is -0.310 e. The molecule has 1 N–H and O–H groups in total. The van der Waals surface area contributed by atoms with Gasteiger partial charge in [0.15, 0.2) is 0 Å². The number of hydrogen-bond acceptors (Lipinski definition) is 3. The molecule has 0 aliphatic heterocycles. The van der Waals surface area contributed by atoms with Crippen LogP contribution in [0.25, 0.3) is 0 Å². The van der Waals surface area contributed by atoms with Crippen molar-refractivity contribution in [3.8, 4) is 0 Å². The molecule has 28 heavy (non-hydrogen) atoms. The molecule has 2 aromatic rings. The summed E-state index contributed by atoms with van der Waals surface area (Å²) in [5.41, 5.74) is 3.32. The van der Waals surface area contributed by atoms with Crippen molar-refractivity contribution in [3.05, 3.63) is 59.2 Å². The van der Waals surface area contributed by atoms with Crippen molar-refractivity contribution in [2.24, 2.45) is 11.8 Å². The maximum absolute atomic E-state index is 13.4. The van der Waals surface area contributed by atoms with E-state index in [0.717, 1.165) is 42.2 Å². The van der Waals surface area contributed by atoms with Crippen LogP contribution in [0.15, 0.2) is 52.3 Å². The fourth-order valence-electron chi connectivity index (χ4n) is 4.83. The second-order valence-corrected chi connectivity index (χ2v) is 10.9. The van der Waals surface area contributed by atoms with Crippen molar-refractivity contribution < 1.29 is 8.42 Å². The first-order chi connectivity index (χ1) is 13.5. The van der Waals surface area contributed by atoms with Crippen LogP contribution in [0.3, 0.4) is 0 Å². The Kier molecular flexibility index (Phi) is 4.59. The molecule has 3 aliphatic carbocycles. The number of nitrogens with one attached hydrogen (secondary N) is 1. The fraction of sp³-hybridized carbons (Fsp3) is 0.500. The van der Waals surface area contributed by atoms with Crippen LogP contribution in [-0.2, 0) is 22.7 Å². The zero-order valence-electron chi connectivity index (χ0n) is 16.5. The van der Waals surface area contributed by atoms with E-state index in [4.69, 9.17) is 0 Å². The number of fused-ring (bicyclic) bond motifs is 1. The van der Waals surface area contributed by atoms with Gasteiger partial charge in [-0.05, 0) is 93.0 Å². The first-order valence-electron chi connectivity index (χ1n) is 10.7. The minimum atomic E-state index is -3.48. The zero-order valence-corrected chi connectivity index (χ0v) is 17.3. The highest BCUT2D eigenvalue weighted by molar-refractivity contribution is 7.91. The Morgan fingerprint density at radius 3 is 2.25 bits per heavy atom. The first kappa shape index (κ1) is 18.4. The van der Waals surface area contributed by atoms with Crippen LogP contribution in [0.2, 0.25) is 0 Å². The van der Waals surface area contributed by atoms with Crippen molar-refractivity contribution in [1.29, 1.82) is 0 Å². The molecule has 0 bridgehead atoms. The Bertz CT molecular complexity index is 960. The first-order valence-corrected chi connectivity index (χ1v) is 12.2. The molecular formula is C24H29NO2S. The van der Waals surface area contributed by atoms with Gasteiger partial charge in [0, 0.05) is 12.1 Å². The van der Waals surface area contributed by atoms with Gasteiger partial charge in [-0.1, -0.05) is 29.8 Å². The van der Waals surface area contributed by atoms with Crippen LogP contribution < -0.4 is 5.32 Å². The average molecular weight is 396 g/mol. The summed E-state index contributed by atoms with van der Waals surface area (Å²) in [6, 6.07) is 14.1. The summed E-state index contributed by atoms with van der Waals surface area (Å²) in [4.78, 5) is 0.908. The summed E-state index contributed by atoms with van der Waals surface area (Å²) in [6.45, 7) is 1.98. The van der Waals surface area contributed by atoms with Gasteiger partial charge in [-0.3, -0.25) is 0 Å². The SMILES string of the molecule is Cc1ccc(S(=O)(=O)c2cccc3c2CC(NC(C2CC2)C2CC2)CC3)cc1. The third-order valence-corrected chi connectivity index (χ3v) is 8.61. The predicted octanol–water partition coefficient (Wildman–Crippen LogP) is 4.46. The molecule has 0 aromatic heterocycles. The average Bonchev–Trinajstić information content (AvgIpc) is 3.59. The van der Waals surface area contributed by atoms with Crippen LogP contribution in [0.5, 0.6) is 0 Å². The maximum Gasteiger partial charge on any atom is 0.206 e. The van der Waals surface area contributed by atoms with Crippen molar-refractivity contribution >= 4 is 9.84 Å². The lowest BCUT2D eigenvalue weighted by Gasteiger charge is -2.31. The van der Waals surface area contributed by atoms with Gasteiger partial charge in [-0.25, -0.2) is 8.42 Å². The Morgan fingerprint density at radius 2 is 1.61 bits per heavy atom. The van der Waals surface area contributed by atoms with Crippen molar-refractivity contribution in [3.63, 3.8) is 0 Å². The molecule has 1 atom stereocenters. The highest BCUT2D eigenvalue weighted by atomic mass is 32.2. The van der Waals surface area contributed by atoms with Crippen LogP contribution in [0, 0.1) is 18.8 Å². The van der Waals surface area contributed by atoms with E-state index in [9.17, 15) is 8.42 Å². The van der Waals surface area contributed by atoms with Crippen LogP contribution >= 0.6 is 0 Å². The molecule has 2 saturated carbocycles. The largest absolute Gasteiger partial charge is 0.310 e. The van der Waals surface area contributed by atoms with Crippen LogP contribution in [0.4, 0.5) is 0 Å². The Labute approximate surface area is 168 Å². The van der Waals surface area contributed by atoms with Gasteiger partial charge in [0.25, 0.3) is 0 Å². The molecule has 2 aromatic carbocycles. The molecule has 4 heteroatoms. The van der Waals surface area contributed by atoms with Gasteiger partial charge >= 0.3 is 0 Å². The van der Waals surface area contributed by atoms with Gasteiger partial charge in [0.05, 0.1) is 9.79 Å². The van der Waals surface area contributed by atoms with E-state index in [1.807, 2.05) is 25.1 Å². The molecular weight excluding hydrogens is 366 g/mol. The predicted molar refractivity (Wildman–Crippen MR) is 111 cm³/mol. The Hall–Kier alpha value is -1.65. The molecule has 1 unspecified atom stereocenters. The van der Waals surface area contributed by atoms with Crippen LogP contribution in [0.1, 0.15) is 48.8 Å². The Balaban J connectivity index is 1.43. The van der Waals surface area contributed by atoms with E-state index in [2.05, 4.69) is 11.4 Å². The normalized spacial score (nSPS) is 22.3. The molecule has 0 radical (unpaired) electrons. The standard InChI is InChI=1S/C24H29NO2S/c1-16-5-13-21(14-6-16)28(26,27)23-4-2-3-17-11-12-20(15-22(17)23)25-24(18-7-8-18)19-9-10-19/h2-6,13-14,18-20,24-25H,7-12,15H2,1H3. The van der Waals surface area contributed by atoms with E-state index in [1.165, 1.54) is 31.2 Å². The van der Waals surface area contributed by atoms with E-state index in [1.54, 1.807) is 18.2 Å². The molecule has 148 valence electrons. The second-order valence-electron chi connectivity index (χ2n) is 9.02. The summed E-state index contributed by atoms with van der Waals surface area (Å²) in [7, 11) is -3.48. The van der Waals surface area contributed by atoms with Crippen molar-refractivity contribution in [2.45, 2.75) is 73.7 Å². The summed E-state index contributed by atoms with van der Waals surface area (Å²) >= 11 is 0. The molecule has 3 nitrogen and oxygen atoms in total. The molecule has 5 rings (SSSR count).